The third kappa shape index (κ3) is 41.4. The Morgan fingerprint density at radius 3 is 1.55 bits per heavy atom. The number of ether oxygens (including phenoxy) is 2. The summed E-state index contributed by atoms with van der Waals surface area (Å²) in [5.41, 5.74) is 0. The molecule has 0 heterocycles. The first kappa shape index (κ1) is 53.0. The molecule has 0 radical (unpaired) electrons. The summed E-state index contributed by atoms with van der Waals surface area (Å²) in [6.45, 7) is 4.24. The van der Waals surface area contributed by atoms with E-state index < -0.39 is 26.5 Å². The van der Waals surface area contributed by atoms with Crippen molar-refractivity contribution in [3.05, 3.63) is 48.6 Å². The minimum atomic E-state index is -4.38. The summed E-state index contributed by atoms with van der Waals surface area (Å²) in [6.07, 6.45) is 44.5. The number of hydrogen-bond donors (Lipinski definition) is 1. The van der Waals surface area contributed by atoms with Crippen molar-refractivity contribution in [2.24, 2.45) is 0 Å². The van der Waals surface area contributed by atoms with E-state index in [2.05, 4.69) is 62.5 Å². The topological polar surface area (TPSA) is 112 Å². The van der Waals surface area contributed by atoms with Crippen LogP contribution in [0.3, 0.4) is 0 Å². The number of carbonyl (C=O) groups excluding carboxylic acids is 2. The molecule has 10 heteroatoms. The normalized spacial score (nSPS) is 13.9. The second-order valence-corrected chi connectivity index (χ2v) is 16.3. The van der Waals surface area contributed by atoms with E-state index in [1.54, 1.807) is 0 Å². The van der Waals surface area contributed by atoms with E-state index in [9.17, 15) is 19.0 Å². The number of phosphoric acid groups is 1. The third-order valence-electron chi connectivity index (χ3n) is 9.11. The Hall–Kier alpha value is -2.03. The van der Waals surface area contributed by atoms with Gasteiger partial charge < -0.3 is 19.3 Å². The smallest absolute Gasteiger partial charge is 0.462 e. The van der Waals surface area contributed by atoms with Crippen molar-refractivity contribution >= 4 is 19.8 Å². The predicted octanol–water partition coefficient (Wildman–Crippen LogP) is 12.5. The molecule has 1 N–H and O–H groups in total. The molecule has 0 aliphatic heterocycles. The number of allylic oxidation sites excluding steroid dienone is 8. The summed E-state index contributed by atoms with van der Waals surface area (Å²) < 4.78 is 33.4. The van der Waals surface area contributed by atoms with Gasteiger partial charge in [-0.3, -0.25) is 18.6 Å². The fourth-order valence-electron chi connectivity index (χ4n) is 5.70. The number of unbranched alkanes of at least 4 members (excludes halogenated alkanes) is 18. The maximum Gasteiger partial charge on any atom is 0.472 e. The Morgan fingerprint density at radius 1 is 0.564 bits per heavy atom. The second-order valence-electron chi connectivity index (χ2n) is 14.9. The zero-order chi connectivity index (χ0) is 40.5. The van der Waals surface area contributed by atoms with E-state index >= 15 is 0 Å². The first-order valence-electron chi connectivity index (χ1n) is 21.9. The highest BCUT2D eigenvalue weighted by atomic mass is 31.2. The summed E-state index contributed by atoms with van der Waals surface area (Å²) in [4.78, 5) is 37.0. The van der Waals surface area contributed by atoms with Crippen LogP contribution in [0.1, 0.15) is 181 Å². The van der Waals surface area contributed by atoms with E-state index in [0.717, 1.165) is 57.8 Å². The van der Waals surface area contributed by atoms with E-state index in [1.807, 2.05) is 19.0 Å². The van der Waals surface area contributed by atoms with Crippen LogP contribution in [0.2, 0.25) is 0 Å². The van der Waals surface area contributed by atoms with Gasteiger partial charge in [-0.2, -0.15) is 0 Å². The van der Waals surface area contributed by atoms with E-state index in [1.165, 1.54) is 89.9 Å². The van der Waals surface area contributed by atoms with E-state index in [0.29, 0.717) is 13.0 Å². The molecule has 0 saturated carbocycles. The predicted molar refractivity (Wildman–Crippen MR) is 229 cm³/mol. The number of hydrogen-bond acceptors (Lipinski definition) is 8. The van der Waals surface area contributed by atoms with Gasteiger partial charge in [-0.25, -0.2) is 4.57 Å². The van der Waals surface area contributed by atoms with Crippen molar-refractivity contribution in [1.82, 2.24) is 4.90 Å². The van der Waals surface area contributed by atoms with Gasteiger partial charge in [0.25, 0.3) is 0 Å². The van der Waals surface area contributed by atoms with Crippen molar-refractivity contribution < 1.29 is 37.6 Å². The summed E-state index contributed by atoms with van der Waals surface area (Å²) in [5.74, 6) is -0.870. The molecule has 0 aromatic heterocycles. The maximum atomic E-state index is 12.6. The summed E-state index contributed by atoms with van der Waals surface area (Å²) >= 11 is 0. The molecule has 0 aromatic carbocycles. The molecule has 2 unspecified atom stereocenters. The van der Waals surface area contributed by atoms with Crippen LogP contribution in [0.15, 0.2) is 48.6 Å². The van der Waals surface area contributed by atoms with Gasteiger partial charge in [0, 0.05) is 19.4 Å². The van der Waals surface area contributed by atoms with Crippen LogP contribution < -0.4 is 0 Å². The highest BCUT2D eigenvalue weighted by molar-refractivity contribution is 7.47. The van der Waals surface area contributed by atoms with Crippen LogP contribution >= 0.6 is 7.82 Å². The van der Waals surface area contributed by atoms with Gasteiger partial charge in [0.05, 0.1) is 13.2 Å². The highest BCUT2D eigenvalue weighted by Gasteiger charge is 2.26. The Bertz CT molecular complexity index is 1060. The Balaban J connectivity index is 4.39. The quantitative estimate of drug-likeness (QED) is 0.0280. The van der Waals surface area contributed by atoms with Crippen LogP contribution in [-0.4, -0.2) is 68.3 Å². The molecule has 0 aliphatic carbocycles. The number of rotatable bonds is 40. The molecular formula is C45H82NO8P. The lowest BCUT2D eigenvalue weighted by Gasteiger charge is -2.20. The molecule has 0 rings (SSSR count). The second kappa shape index (κ2) is 40.2. The molecular weight excluding hydrogens is 713 g/mol. The van der Waals surface area contributed by atoms with Crippen molar-refractivity contribution in [1.29, 1.82) is 0 Å². The van der Waals surface area contributed by atoms with Crippen molar-refractivity contribution in [3.63, 3.8) is 0 Å². The number of carbonyl (C=O) groups is 2. The average molecular weight is 796 g/mol. The van der Waals surface area contributed by atoms with Crippen molar-refractivity contribution in [2.45, 2.75) is 187 Å². The van der Waals surface area contributed by atoms with Gasteiger partial charge >= 0.3 is 19.8 Å². The Labute approximate surface area is 337 Å². The van der Waals surface area contributed by atoms with Crippen LogP contribution in [0.25, 0.3) is 0 Å². The molecule has 0 bridgehead atoms. The minimum absolute atomic E-state index is 0.00349. The standard InChI is InChI=1S/C45H82NO8P/c1-5-7-9-11-13-15-17-19-21-22-24-26-28-30-32-34-36-38-45(48)54-43(42-53-55(49,50)52-40-39-46(3)4)41-51-44(47)37-35-33-31-29-27-25-23-20-18-16-14-12-10-8-6-2/h16,18-19,21,24,26,30,32,43H,5-15,17,20,22-23,25,27-29,31,33-42H2,1-4H3,(H,49,50)/b18-16-,21-19-,26-24-,32-30-. The van der Waals surface area contributed by atoms with Gasteiger partial charge in [-0.15, -0.1) is 0 Å². The fraction of sp³-hybridized carbons (Fsp3) is 0.778. The number of nitrogens with zero attached hydrogens (tertiary/aromatic N) is 1. The van der Waals surface area contributed by atoms with Crippen LogP contribution in [0.5, 0.6) is 0 Å². The van der Waals surface area contributed by atoms with Crippen LogP contribution in [0, 0.1) is 0 Å². The van der Waals surface area contributed by atoms with Crippen molar-refractivity contribution in [2.75, 3.05) is 40.5 Å². The number of likely N-dealkylation sites (N-methyl/N-ethyl adjacent to an activating group) is 1. The first-order chi connectivity index (χ1) is 26.7. The first-order valence-corrected chi connectivity index (χ1v) is 23.4. The summed E-state index contributed by atoms with van der Waals surface area (Å²) in [7, 11) is -0.740. The average Bonchev–Trinajstić information content (AvgIpc) is 3.15. The monoisotopic (exact) mass is 796 g/mol. The molecule has 0 amide bonds. The van der Waals surface area contributed by atoms with Crippen LogP contribution in [0.4, 0.5) is 0 Å². The highest BCUT2D eigenvalue weighted by Crippen LogP contribution is 2.43. The lowest BCUT2D eigenvalue weighted by molar-refractivity contribution is -0.161. The van der Waals surface area contributed by atoms with Crippen LogP contribution in [-0.2, 0) is 32.7 Å². The fourth-order valence-corrected chi connectivity index (χ4v) is 6.44. The lowest BCUT2D eigenvalue weighted by Crippen LogP contribution is -2.29. The largest absolute Gasteiger partial charge is 0.472 e. The molecule has 320 valence electrons. The molecule has 0 aromatic rings. The lowest BCUT2D eigenvalue weighted by atomic mass is 10.1. The molecule has 2 atom stereocenters. The zero-order valence-corrected chi connectivity index (χ0v) is 36.5. The van der Waals surface area contributed by atoms with E-state index in [4.69, 9.17) is 18.5 Å². The third-order valence-corrected chi connectivity index (χ3v) is 10.1. The maximum absolute atomic E-state index is 12.6. The van der Waals surface area contributed by atoms with Gasteiger partial charge in [0.15, 0.2) is 6.10 Å². The Morgan fingerprint density at radius 2 is 1.00 bits per heavy atom. The summed E-state index contributed by atoms with van der Waals surface area (Å²) in [5, 5.41) is 0. The number of esters is 2. The Kier molecular flexibility index (Phi) is 38.7. The molecule has 0 saturated heterocycles. The molecule has 0 spiro atoms. The number of phosphoric ester groups is 1. The summed E-state index contributed by atoms with van der Waals surface area (Å²) in [6, 6.07) is 0. The minimum Gasteiger partial charge on any atom is -0.462 e. The SMILES string of the molecule is CCCCCC/C=C\CCCCCCCCCC(=O)OCC(COP(=O)(O)OCCN(C)C)OC(=O)CCC/C=C\C/C=C\C/C=C\CCCCCCCC. The van der Waals surface area contributed by atoms with Gasteiger partial charge in [-0.05, 0) is 84.7 Å². The molecule has 0 fully saturated rings. The van der Waals surface area contributed by atoms with Crippen molar-refractivity contribution in [3.8, 4) is 0 Å². The zero-order valence-electron chi connectivity index (χ0n) is 35.6. The van der Waals surface area contributed by atoms with E-state index in [-0.39, 0.29) is 32.0 Å². The molecule has 0 aliphatic rings. The van der Waals surface area contributed by atoms with Gasteiger partial charge in [0.1, 0.15) is 6.61 Å². The van der Waals surface area contributed by atoms with Gasteiger partial charge in [-0.1, -0.05) is 146 Å². The molecule has 9 nitrogen and oxygen atoms in total. The van der Waals surface area contributed by atoms with Gasteiger partial charge in [0.2, 0.25) is 0 Å². The molecule has 55 heavy (non-hydrogen) atoms.